The lowest BCUT2D eigenvalue weighted by molar-refractivity contribution is 0.658. The van der Waals surface area contributed by atoms with Gasteiger partial charge >= 0.3 is 0 Å². The molecule has 4 heteroatoms. The van der Waals surface area contributed by atoms with E-state index < -0.39 is 0 Å². The number of hydrogen-bond acceptors (Lipinski definition) is 3. The van der Waals surface area contributed by atoms with Gasteiger partial charge in [0.25, 0.3) is 0 Å². The summed E-state index contributed by atoms with van der Waals surface area (Å²) in [7, 11) is 0. The first-order valence-corrected chi connectivity index (χ1v) is 3.23. The van der Waals surface area contributed by atoms with Crippen LogP contribution in [-0.4, -0.2) is 11.5 Å². The molecule has 11 heavy (non-hydrogen) atoms. The molecule has 0 aromatic heterocycles. The van der Waals surface area contributed by atoms with Crippen molar-refractivity contribution in [2.45, 2.75) is 0 Å². The molecule has 1 heterocycles. The quantitative estimate of drug-likeness (QED) is 0.545. The number of allylic oxidation sites excluding steroid dienone is 3. The predicted molar refractivity (Wildman–Crippen MR) is 40.9 cm³/mol. The zero-order valence-corrected chi connectivity index (χ0v) is 5.66. The van der Waals surface area contributed by atoms with E-state index in [1.807, 2.05) is 0 Å². The molecule has 1 aliphatic carbocycles. The summed E-state index contributed by atoms with van der Waals surface area (Å²) in [6, 6.07) is 0. The van der Waals surface area contributed by atoms with Crippen LogP contribution in [0.2, 0.25) is 0 Å². The summed E-state index contributed by atoms with van der Waals surface area (Å²) in [6.45, 7) is 0. The largest absolute Gasteiger partial charge is 0.385 e. The molecule has 1 unspecified atom stereocenters. The van der Waals surface area contributed by atoms with Crippen LogP contribution in [0.15, 0.2) is 34.3 Å². The number of amidine groups is 1. The molecule has 0 amide bonds. The summed E-state index contributed by atoms with van der Waals surface area (Å²) in [5.74, 6) is -0.159. The fraction of sp³-hybridized carbons (Fsp3) is 0.143. The van der Waals surface area contributed by atoms with Crippen molar-refractivity contribution in [2.75, 3.05) is 0 Å². The van der Waals surface area contributed by atoms with Crippen LogP contribution in [0.25, 0.3) is 0 Å². The number of nitrogens with two attached hydrogens (primary N) is 1. The molecule has 0 saturated heterocycles. The molecule has 2 N–H and O–H groups in total. The monoisotopic (exact) mass is 151 g/mol. The third-order valence-corrected chi connectivity index (χ3v) is 1.66. The Morgan fingerprint density at radius 3 is 3.00 bits per heavy atom. The van der Waals surface area contributed by atoms with Crippen LogP contribution in [0.4, 0.5) is 4.39 Å². The van der Waals surface area contributed by atoms with Gasteiger partial charge in [0.2, 0.25) is 0 Å². The van der Waals surface area contributed by atoms with Gasteiger partial charge in [-0.2, -0.15) is 5.10 Å². The molecular formula is C7H6FN3. The number of halogens is 1. The average molecular weight is 151 g/mol. The van der Waals surface area contributed by atoms with E-state index in [1.54, 1.807) is 6.08 Å². The highest BCUT2D eigenvalue weighted by Crippen LogP contribution is 2.19. The summed E-state index contributed by atoms with van der Waals surface area (Å²) in [5.41, 5.74) is 6.15. The van der Waals surface area contributed by atoms with Crippen molar-refractivity contribution in [3.05, 3.63) is 24.1 Å². The van der Waals surface area contributed by atoms with Crippen molar-refractivity contribution in [2.24, 2.45) is 21.9 Å². The summed E-state index contributed by atoms with van der Waals surface area (Å²) in [4.78, 5) is 0. The topological polar surface area (TPSA) is 50.7 Å². The van der Waals surface area contributed by atoms with Crippen LogP contribution >= 0.6 is 0 Å². The van der Waals surface area contributed by atoms with Gasteiger partial charge < -0.3 is 5.73 Å². The Labute approximate surface area is 62.8 Å². The van der Waals surface area contributed by atoms with Crippen LogP contribution in [0.1, 0.15) is 0 Å². The zero-order chi connectivity index (χ0) is 7.84. The molecule has 3 nitrogen and oxygen atoms in total. The van der Waals surface area contributed by atoms with Gasteiger partial charge in [-0.15, -0.1) is 5.10 Å². The number of hydrogen-bond donors (Lipinski definition) is 1. The molecule has 0 bridgehead atoms. The fourth-order valence-corrected chi connectivity index (χ4v) is 1.08. The maximum atomic E-state index is 12.6. The lowest BCUT2D eigenvalue weighted by Gasteiger charge is -2.07. The molecule has 1 aliphatic heterocycles. The van der Waals surface area contributed by atoms with Gasteiger partial charge in [-0.3, -0.25) is 0 Å². The minimum atomic E-state index is -0.283. The van der Waals surface area contributed by atoms with Crippen molar-refractivity contribution in [3.63, 3.8) is 0 Å². The number of rotatable bonds is 0. The normalized spacial score (nSPS) is 27.4. The van der Waals surface area contributed by atoms with Crippen LogP contribution in [0.3, 0.4) is 0 Å². The Hall–Kier alpha value is -1.45. The SMILES string of the molecule is NC1=NN=C2C=CC(F)=CC12. The minimum Gasteiger partial charge on any atom is -0.385 e. The first-order chi connectivity index (χ1) is 5.27. The van der Waals surface area contributed by atoms with E-state index in [9.17, 15) is 4.39 Å². The smallest absolute Gasteiger partial charge is 0.135 e. The maximum absolute atomic E-state index is 12.6. The third-order valence-electron chi connectivity index (χ3n) is 1.66. The van der Waals surface area contributed by atoms with Crippen molar-refractivity contribution in [3.8, 4) is 0 Å². The van der Waals surface area contributed by atoms with Gasteiger partial charge in [0.15, 0.2) is 0 Å². The highest BCUT2D eigenvalue weighted by atomic mass is 19.1. The second kappa shape index (κ2) is 2.02. The molecule has 0 spiro atoms. The number of fused-ring (bicyclic) bond motifs is 1. The third kappa shape index (κ3) is 0.869. The summed E-state index contributed by atoms with van der Waals surface area (Å²) >= 11 is 0. The minimum absolute atomic E-state index is 0.236. The van der Waals surface area contributed by atoms with Gasteiger partial charge in [0.05, 0.1) is 11.6 Å². The molecule has 0 aromatic rings. The van der Waals surface area contributed by atoms with Crippen molar-refractivity contribution in [1.82, 2.24) is 0 Å². The van der Waals surface area contributed by atoms with Gasteiger partial charge in [-0.1, -0.05) is 0 Å². The Bertz CT molecular complexity index is 312. The van der Waals surface area contributed by atoms with E-state index in [2.05, 4.69) is 10.2 Å². The molecule has 0 aromatic carbocycles. The number of nitrogens with zero attached hydrogens (tertiary/aromatic N) is 2. The van der Waals surface area contributed by atoms with Gasteiger partial charge in [0, 0.05) is 0 Å². The van der Waals surface area contributed by atoms with E-state index >= 15 is 0 Å². The summed E-state index contributed by atoms with van der Waals surface area (Å²) in [5, 5.41) is 7.39. The molecule has 0 fully saturated rings. The maximum Gasteiger partial charge on any atom is 0.135 e. The molecule has 0 saturated carbocycles. The molecular weight excluding hydrogens is 145 g/mol. The highest BCUT2D eigenvalue weighted by molar-refractivity contribution is 6.16. The standard InChI is InChI=1S/C7H6FN3/c8-4-1-2-6-5(3-4)7(9)11-10-6/h1-3,5H,(H2,9,11). The lowest BCUT2D eigenvalue weighted by Crippen LogP contribution is -2.25. The Morgan fingerprint density at radius 2 is 2.18 bits per heavy atom. The van der Waals surface area contributed by atoms with Crippen molar-refractivity contribution in [1.29, 1.82) is 0 Å². The van der Waals surface area contributed by atoms with E-state index in [1.165, 1.54) is 12.2 Å². The average Bonchev–Trinajstić information content (AvgIpc) is 2.33. The van der Waals surface area contributed by atoms with Crippen molar-refractivity contribution >= 4 is 11.5 Å². The second-order valence-corrected chi connectivity index (χ2v) is 2.41. The van der Waals surface area contributed by atoms with Crippen molar-refractivity contribution < 1.29 is 4.39 Å². The molecule has 56 valence electrons. The second-order valence-electron chi connectivity index (χ2n) is 2.41. The van der Waals surface area contributed by atoms with E-state index in [0.717, 1.165) is 0 Å². The first kappa shape index (κ1) is 6.27. The van der Waals surface area contributed by atoms with Crippen LogP contribution in [-0.2, 0) is 0 Å². The Kier molecular flexibility index (Phi) is 1.15. The summed E-state index contributed by atoms with van der Waals surface area (Å²) in [6.07, 6.45) is 4.34. The zero-order valence-electron chi connectivity index (χ0n) is 5.66. The predicted octanol–water partition coefficient (Wildman–Crippen LogP) is 0.753. The van der Waals surface area contributed by atoms with Gasteiger partial charge in [-0.25, -0.2) is 4.39 Å². The Balaban J connectivity index is 2.39. The molecule has 1 atom stereocenters. The fourth-order valence-electron chi connectivity index (χ4n) is 1.08. The van der Waals surface area contributed by atoms with E-state index in [0.29, 0.717) is 11.5 Å². The van der Waals surface area contributed by atoms with Gasteiger partial charge in [-0.05, 0) is 18.2 Å². The van der Waals surface area contributed by atoms with Crippen LogP contribution < -0.4 is 5.73 Å². The van der Waals surface area contributed by atoms with E-state index in [-0.39, 0.29) is 11.7 Å². The van der Waals surface area contributed by atoms with Gasteiger partial charge in [0.1, 0.15) is 11.7 Å². The Morgan fingerprint density at radius 1 is 1.36 bits per heavy atom. The molecule has 0 radical (unpaired) electrons. The molecule has 2 rings (SSSR count). The summed E-state index contributed by atoms with van der Waals surface area (Å²) < 4.78 is 12.6. The van der Waals surface area contributed by atoms with Crippen LogP contribution in [0.5, 0.6) is 0 Å². The first-order valence-electron chi connectivity index (χ1n) is 3.23. The highest BCUT2D eigenvalue weighted by Gasteiger charge is 2.24. The lowest BCUT2D eigenvalue weighted by atomic mass is 9.98. The molecule has 2 aliphatic rings. The van der Waals surface area contributed by atoms with E-state index in [4.69, 9.17) is 5.73 Å². The van der Waals surface area contributed by atoms with Crippen LogP contribution in [0, 0.1) is 5.92 Å².